The lowest BCUT2D eigenvalue weighted by atomic mass is 10.2. The maximum Gasteiger partial charge on any atom is 0.422 e. The number of thioether (sulfide) groups is 2. The van der Waals surface area contributed by atoms with Crippen LogP contribution in [-0.4, -0.2) is 28.7 Å². The number of hydrogen-bond donors (Lipinski definition) is 0. The lowest BCUT2D eigenvalue weighted by Gasteiger charge is -2.09. The zero-order valence-electron chi connectivity index (χ0n) is 13.0. The van der Waals surface area contributed by atoms with E-state index in [-0.39, 0.29) is 5.75 Å². The summed E-state index contributed by atoms with van der Waals surface area (Å²) in [6, 6.07) is 6.68. The first kappa shape index (κ1) is 19.4. The molecule has 3 nitrogen and oxygen atoms in total. The molecule has 0 aliphatic carbocycles. The fourth-order valence-electron chi connectivity index (χ4n) is 1.65. The fraction of sp³-hybridized carbons (Fsp3) is 0.467. The molecule has 0 saturated heterocycles. The van der Waals surface area contributed by atoms with Crippen LogP contribution in [0, 0.1) is 0 Å². The van der Waals surface area contributed by atoms with Crippen molar-refractivity contribution in [2.45, 2.75) is 40.4 Å². The molecule has 0 N–H and O–H groups in total. The van der Waals surface area contributed by atoms with Crippen LogP contribution < -0.4 is 4.74 Å². The number of nitrogens with zero attached hydrogens (tertiary/aromatic N) is 2. The molecule has 0 bridgehead atoms. The van der Waals surface area contributed by atoms with Gasteiger partial charge in [0.25, 0.3) is 0 Å². The van der Waals surface area contributed by atoms with Crippen molar-refractivity contribution in [2.75, 3.05) is 12.4 Å². The lowest BCUT2D eigenvalue weighted by molar-refractivity contribution is -0.153. The van der Waals surface area contributed by atoms with Gasteiger partial charge in [-0.15, -0.1) is 10.2 Å². The smallest absolute Gasteiger partial charge is 0.422 e. The van der Waals surface area contributed by atoms with Crippen molar-refractivity contribution in [3.63, 3.8) is 0 Å². The summed E-state index contributed by atoms with van der Waals surface area (Å²) in [6.07, 6.45) is -2.03. The van der Waals surface area contributed by atoms with Gasteiger partial charge in [0.15, 0.2) is 15.3 Å². The molecule has 1 aromatic heterocycles. The standard InChI is InChI=1S/C15H17F3N2OS3/c1-2-3-7-22-13-19-20-14(24-13)23-9-11-5-4-6-12(8-11)21-10-15(16,17)18/h4-6,8H,2-3,7,9-10H2,1H3. The summed E-state index contributed by atoms with van der Waals surface area (Å²) < 4.78 is 43.1. The van der Waals surface area contributed by atoms with Crippen molar-refractivity contribution >= 4 is 34.9 Å². The predicted molar refractivity (Wildman–Crippen MR) is 93.1 cm³/mol. The Balaban J connectivity index is 1.83. The average Bonchev–Trinajstić information content (AvgIpc) is 2.99. The lowest BCUT2D eigenvalue weighted by Crippen LogP contribution is -2.19. The van der Waals surface area contributed by atoms with Crippen LogP contribution in [0.25, 0.3) is 0 Å². The fourth-order valence-corrected chi connectivity index (χ4v) is 4.77. The van der Waals surface area contributed by atoms with Crippen LogP contribution in [0.5, 0.6) is 5.75 Å². The summed E-state index contributed by atoms with van der Waals surface area (Å²) in [4.78, 5) is 0. The van der Waals surface area contributed by atoms with Gasteiger partial charge in [0.05, 0.1) is 0 Å². The van der Waals surface area contributed by atoms with Gasteiger partial charge in [-0.2, -0.15) is 13.2 Å². The molecule has 0 spiro atoms. The Morgan fingerprint density at radius 1 is 1.17 bits per heavy atom. The van der Waals surface area contributed by atoms with Crippen LogP contribution in [0.4, 0.5) is 13.2 Å². The molecule has 0 amide bonds. The minimum Gasteiger partial charge on any atom is -0.484 e. The first-order valence-electron chi connectivity index (χ1n) is 7.34. The van der Waals surface area contributed by atoms with E-state index in [4.69, 9.17) is 4.74 Å². The summed E-state index contributed by atoms with van der Waals surface area (Å²) in [5.74, 6) is 1.87. The van der Waals surface area contributed by atoms with Gasteiger partial charge in [-0.05, 0) is 24.1 Å². The van der Waals surface area contributed by atoms with E-state index < -0.39 is 12.8 Å². The molecule has 0 aliphatic rings. The molecule has 1 heterocycles. The highest BCUT2D eigenvalue weighted by molar-refractivity contribution is 8.02. The number of unbranched alkanes of at least 4 members (excludes halogenated alkanes) is 1. The molecule has 0 atom stereocenters. The Labute approximate surface area is 151 Å². The molecule has 0 saturated carbocycles. The van der Waals surface area contributed by atoms with Gasteiger partial charge in [-0.25, -0.2) is 0 Å². The summed E-state index contributed by atoms with van der Waals surface area (Å²) in [6.45, 7) is 0.868. The van der Waals surface area contributed by atoms with Crippen molar-refractivity contribution in [2.24, 2.45) is 0 Å². The Morgan fingerprint density at radius 3 is 2.62 bits per heavy atom. The van der Waals surface area contributed by atoms with Crippen LogP contribution >= 0.6 is 34.9 Å². The summed E-state index contributed by atoms with van der Waals surface area (Å²) in [5.41, 5.74) is 0.884. The number of aromatic nitrogens is 2. The molecular weight excluding hydrogens is 377 g/mol. The first-order chi connectivity index (χ1) is 11.5. The zero-order valence-corrected chi connectivity index (χ0v) is 15.5. The maximum absolute atomic E-state index is 12.2. The first-order valence-corrected chi connectivity index (χ1v) is 10.1. The molecule has 2 rings (SSSR count). The minimum atomic E-state index is -4.33. The molecule has 1 aromatic carbocycles. The molecular formula is C15H17F3N2OS3. The zero-order chi connectivity index (χ0) is 17.4. The number of ether oxygens (including phenoxy) is 1. The van der Waals surface area contributed by atoms with E-state index in [1.165, 1.54) is 17.8 Å². The predicted octanol–water partition coefficient (Wildman–Crippen LogP) is 5.66. The molecule has 2 aromatic rings. The second-order valence-electron chi connectivity index (χ2n) is 4.88. The Hall–Kier alpha value is -0.930. The highest BCUT2D eigenvalue weighted by atomic mass is 32.2. The normalized spacial score (nSPS) is 11.7. The quantitative estimate of drug-likeness (QED) is 0.405. The van der Waals surface area contributed by atoms with Gasteiger partial charge in [-0.3, -0.25) is 0 Å². The van der Waals surface area contributed by atoms with E-state index in [1.54, 1.807) is 35.2 Å². The number of benzene rings is 1. The van der Waals surface area contributed by atoms with E-state index in [2.05, 4.69) is 17.1 Å². The average molecular weight is 395 g/mol. The molecule has 0 fully saturated rings. The van der Waals surface area contributed by atoms with Crippen molar-refractivity contribution in [3.8, 4) is 5.75 Å². The SMILES string of the molecule is CCCCSc1nnc(SCc2cccc(OCC(F)(F)F)c2)s1. The van der Waals surface area contributed by atoms with Crippen LogP contribution in [-0.2, 0) is 5.75 Å². The third kappa shape index (κ3) is 7.31. The largest absolute Gasteiger partial charge is 0.484 e. The van der Waals surface area contributed by atoms with E-state index >= 15 is 0 Å². The third-order valence-corrected chi connectivity index (χ3v) is 6.12. The van der Waals surface area contributed by atoms with E-state index in [0.717, 1.165) is 32.8 Å². The van der Waals surface area contributed by atoms with Crippen LogP contribution in [0.1, 0.15) is 25.3 Å². The Morgan fingerprint density at radius 2 is 1.92 bits per heavy atom. The van der Waals surface area contributed by atoms with E-state index in [0.29, 0.717) is 5.75 Å². The Kier molecular flexibility index (Phi) is 7.70. The van der Waals surface area contributed by atoms with E-state index in [9.17, 15) is 13.2 Å². The maximum atomic E-state index is 12.2. The third-order valence-electron chi connectivity index (χ3n) is 2.77. The second kappa shape index (κ2) is 9.53. The van der Waals surface area contributed by atoms with Crippen molar-refractivity contribution in [1.29, 1.82) is 0 Å². The number of hydrogen-bond acceptors (Lipinski definition) is 6. The molecule has 0 radical (unpaired) electrons. The van der Waals surface area contributed by atoms with Crippen molar-refractivity contribution < 1.29 is 17.9 Å². The van der Waals surface area contributed by atoms with Crippen LogP contribution in [0.3, 0.4) is 0 Å². The van der Waals surface area contributed by atoms with Gasteiger partial charge >= 0.3 is 6.18 Å². The van der Waals surface area contributed by atoms with Gasteiger partial charge < -0.3 is 4.74 Å². The molecule has 0 unspecified atom stereocenters. The van der Waals surface area contributed by atoms with Crippen molar-refractivity contribution in [3.05, 3.63) is 29.8 Å². The number of halogens is 3. The number of rotatable bonds is 9. The van der Waals surface area contributed by atoms with Gasteiger partial charge in [0.2, 0.25) is 0 Å². The monoisotopic (exact) mass is 394 g/mol. The van der Waals surface area contributed by atoms with Crippen LogP contribution in [0.2, 0.25) is 0 Å². The summed E-state index contributed by atoms with van der Waals surface area (Å²) in [5, 5.41) is 8.27. The highest BCUT2D eigenvalue weighted by Crippen LogP contribution is 2.31. The van der Waals surface area contributed by atoms with Crippen molar-refractivity contribution in [1.82, 2.24) is 10.2 Å². The molecule has 0 aliphatic heterocycles. The molecule has 9 heteroatoms. The van der Waals surface area contributed by atoms with E-state index in [1.807, 2.05) is 6.07 Å². The summed E-state index contributed by atoms with van der Waals surface area (Å²) in [7, 11) is 0. The van der Waals surface area contributed by atoms with Gasteiger partial charge in [-0.1, -0.05) is 60.3 Å². The highest BCUT2D eigenvalue weighted by Gasteiger charge is 2.28. The summed E-state index contributed by atoms with van der Waals surface area (Å²) >= 11 is 4.77. The van der Waals surface area contributed by atoms with Crippen LogP contribution in [0.15, 0.2) is 32.9 Å². The topological polar surface area (TPSA) is 35.0 Å². The number of alkyl halides is 3. The van der Waals surface area contributed by atoms with Gasteiger partial charge in [0, 0.05) is 11.5 Å². The Bertz CT molecular complexity index is 634. The van der Waals surface area contributed by atoms with Gasteiger partial charge in [0.1, 0.15) is 5.75 Å². The second-order valence-corrected chi connectivity index (χ2v) is 8.42. The molecule has 24 heavy (non-hydrogen) atoms. The minimum absolute atomic E-state index is 0.221. The molecule has 132 valence electrons.